The lowest BCUT2D eigenvalue weighted by Gasteiger charge is -2.13. The van der Waals surface area contributed by atoms with Crippen LogP contribution in [0.1, 0.15) is 5.56 Å². The molecule has 0 saturated carbocycles. The van der Waals surface area contributed by atoms with Crippen molar-refractivity contribution in [1.82, 2.24) is 4.90 Å². The summed E-state index contributed by atoms with van der Waals surface area (Å²) in [6.07, 6.45) is 1.06. The Labute approximate surface area is 119 Å². The Morgan fingerprint density at radius 3 is 2.71 bits per heavy atom. The number of rotatable bonds is 5. The molecule has 8 heteroatoms. The van der Waals surface area contributed by atoms with Crippen molar-refractivity contribution < 1.29 is 19.6 Å². The van der Waals surface area contributed by atoms with E-state index < -0.39 is 16.7 Å². The quantitative estimate of drug-likeness (QED) is 0.465. The molecule has 1 aliphatic rings. The largest absolute Gasteiger partial charge is 0.395 e. The SMILES string of the molecule is Cc1ccc(NC2=CC(=O)N(CCO)C2=O)c([N+](=O)[O-])c1. The topological polar surface area (TPSA) is 113 Å². The zero-order valence-electron chi connectivity index (χ0n) is 11.2. The third-order valence-corrected chi connectivity index (χ3v) is 2.95. The van der Waals surface area contributed by atoms with Gasteiger partial charge in [0, 0.05) is 12.1 Å². The Balaban J connectivity index is 2.28. The van der Waals surface area contributed by atoms with Crippen LogP contribution in [-0.2, 0) is 9.59 Å². The highest BCUT2D eigenvalue weighted by Gasteiger charge is 2.31. The van der Waals surface area contributed by atoms with Crippen molar-refractivity contribution in [1.29, 1.82) is 0 Å². The van der Waals surface area contributed by atoms with Gasteiger partial charge >= 0.3 is 0 Å². The Hall–Kier alpha value is -2.74. The van der Waals surface area contributed by atoms with E-state index in [1.807, 2.05) is 0 Å². The number of benzene rings is 1. The Bertz CT molecular complexity index is 653. The molecule has 1 aliphatic heterocycles. The van der Waals surface area contributed by atoms with E-state index in [0.717, 1.165) is 11.0 Å². The molecule has 0 saturated heterocycles. The molecular formula is C13H13N3O5. The van der Waals surface area contributed by atoms with Gasteiger partial charge < -0.3 is 10.4 Å². The first kappa shape index (κ1) is 14.7. The van der Waals surface area contributed by atoms with E-state index in [0.29, 0.717) is 5.56 Å². The summed E-state index contributed by atoms with van der Waals surface area (Å²) in [4.78, 5) is 34.9. The van der Waals surface area contributed by atoms with E-state index in [9.17, 15) is 19.7 Å². The molecule has 2 N–H and O–H groups in total. The number of nitro benzene ring substituents is 1. The van der Waals surface area contributed by atoms with Crippen LogP contribution in [0.5, 0.6) is 0 Å². The van der Waals surface area contributed by atoms with Crippen molar-refractivity contribution in [3.8, 4) is 0 Å². The summed E-state index contributed by atoms with van der Waals surface area (Å²) in [7, 11) is 0. The average Bonchev–Trinajstić information content (AvgIpc) is 2.68. The smallest absolute Gasteiger partial charge is 0.292 e. The molecule has 0 spiro atoms. The highest BCUT2D eigenvalue weighted by Crippen LogP contribution is 2.27. The van der Waals surface area contributed by atoms with Gasteiger partial charge in [0.25, 0.3) is 17.5 Å². The molecular weight excluding hydrogens is 278 g/mol. The first-order valence-electron chi connectivity index (χ1n) is 6.14. The molecule has 1 aromatic rings. The molecule has 0 aliphatic carbocycles. The molecule has 1 heterocycles. The summed E-state index contributed by atoms with van der Waals surface area (Å²) in [6.45, 7) is 1.25. The Morgan fingerprint density at radius 1 is 1.38 bits per heavy atom. The second-order valence-corrected chi connectivity index (χ2v) is 4.48. The predicted molar refractivity (Wildman–Crippen MR) is 73.3 cm³/mol. The zero-order valence-corrected chi connectivity index (χ0v) is 11.2. The number of hydrogen-bond acceptors (Lipinski definition) is 6. The van der Waals surface area contributed by atoms with Crippen LogP contribution >= 0.6 is 0 Å². The number of imide groups is 1. The maximum Gasteiger partial charge on any atom is 0.292 e. The maximum absolute atomic E-state index is 12.0. The summed E-state index contributed by atoms with van der Waals surface area (Å²) in [5.74, 6) is -1.18. The standard InChI is InChI=1S/C13H13N3O5/c1-8-2-3-9(11(6-8)16(20)21)14-10-7-12(18)15(4-5-17)13(10)19/h2-3,6-7,14,17H,4-5H2,1H3. The van der Waals surface area contributed by atoms with Gasteiger partial charge in [0.15, 0.2) is 0 Å². The third kappa shape index (κ3) is 2.90. The Morgan fingerprint density at radius 2 is 2.10 bits per heavy atom. The fourth-order valence-electron chi connectivity index (χ4n) is 1.95. The van der Waals surface area contributed by atoms with E-state index in [-0.39, 0.29) is 30.2 Å². The molecule has 2 amide bonds. The number of anilines is 1. The number of nitrogens with one attached hydrogen (secondary N) is 1. The lowest BCUT2D eigenvalue weighted by molar-refractivity contribution is -0.384. The second-order valence-electron chi connectivity index (χ2n) is 4.48. The average molecular weight is 291 g/mol. The number of nitro groups is 1. The lowest BCUT2D eigenvalue weighted by Crippen LogP contribution is -2.34. The maximum atomic E-state index is 12.0. The van der Waals surface area contributed by atoms with Crippen LogP contribution in [0.2, 0.25) is 0 Å². The summed E-state index contributed by atoms with van der Waals surface area (Å²) in [5, 5.41) is 22.4. The molecule has 21 heavy (non-hydrogen) atoms. The van der Waals surface area contributed by atoms with Crippen molar-refractivity contribution in [2.45, 2.75) is 6.92 Å². The number of β-amino-alcohol motifs (C(OH)–C–C–N with tert-alkyl or cyclic N) is 1. The molecule has 0 bridgehead atoms. The highest BCUT2D eigenvalue weighted by atomic mass is 16.6. The predicted octanol–water partition coefficient (Wildman–Crippen LogP) is 0.560. The summed E-state index contributed by atoms with van der Waals surface area (Å²) >= 11 is 0. The molecule has 0 unspecified atom stereocenters. The first-order valence-corrected chi connectivity index (χ1v) is 6.14. The van der Waals surface area contributed by atoms with Crippen LogP contribution in [0.3, 0.4) is 0 Å². The van der Waals surface area contributed by atoms with Gasteiger partial charge in [-0.05, 0) is 18.6 Å². The van der Waals surface area contributed by atoms with Gasteiger partial charge in [0.1, 0.15) is 11.4 Å². The number of aliphatic hydroxyl groups is 1. The number of amides is 2. The number of aryl methyl sites for hydroxylation is 1. The fourth-order valence-corrected chi connectivity index (χ4v) is 1.95. The third-order valence-electron chi connectivity index (χ3n) is 2.95. The molecule has 8 nitrogen and oxygen atoms in total. The van der Waals surface area contributed by atoms with Crippen LogP contribution < -0.4 is 5.32 Å². The number of hydrogen-bond donors (Lipinski definition) is 2. The second kappa shape index (κ2) is 5.71. The van der Waals surface area contributed by atoms with E-state index in [1.165, 1.54) is 12.1 Å². The van der Waals surface area contributed by atoms with E-state index in [2.05, 4.69) is 5.32 Å². The van der Waals surface area contributed by atoms with E-state index in [4.69, 9.17) is 5.11 Å². The monoisotopic (exact) mass is 291 g/mol. The number of aliphatic hydroxyl groups excluding tert-OH is 1. The summed E-state index contributed by atoms with van der Waals surface area (Å²) in [5.41, 5.74) is 0.595. The normalized spacial score (nSPS) is 14.4. The molecule has 0 radical (unpaired) electrons. The number of carbonyl (C=O) groups is 2. The molecule has 0 fully saturated rings. The van der Waals surface area contributed by atoms with Gasteiger partial charge in [-0.1, -0.05) is 6.07 Å². The van der Waals surface area contributed by atoms with Crippen molar-refractivity contribution in [2.75, 3.05) is 18.5 Å². The number of carbonyl (C=O) groups excluding carboxylic acids is 2. The van der Waals surface area contributed by atoms with Crippen molar-refractivity contribution in [2.24, 2.45) is 0 Å². The van der Waals surface area contributed by atoms with E-state index >= 15 is 0 Å². The summed E-state index contributed by atoms with van der Waals surface area (Å²) in [6, 6.07) is 4.50. The van der Waals surface area contributed by atoms with Gasteiger partial charge in [0.05, 0.1) is 18.1 Å². The minimum atomic E-state index is -0.621. The van der Waals surface area contributed by atoms with Gasteiger partial charge in [-0.3, -0.25) is 24.6 Å². The fraction of sp³-hybridized carbons (Fsp3) is 0.231. The minimum absolute atomic E-state index is 0.0552. The highest BCUT2D eigenvalue weighted by molar-refractivity contribution is 6.17. The van der Waals surface area contributed by atoms with Gasteiger partial charge in [-0.2, -0.15) is 0 Å². The van der Waals surface area contributed by atoms with Gasteiger partial charge in [-0.25, -0.2) is 0 Å². The minimum Gasteiger partial charge on any atom is -0.395 e. The van der Waals surface area contributed by atoms with Crippen LogP contribution in [0.4, 0.5) is 11.4 Å². The van der Waals surface area contributed by atoms with Crippen molar-refractivity contribution >= 4 is 23.2 Å². The summed E-state index contributed by atoms with van der Waals surface area (Å²) < 4.78 is 0. The zero-order chi connectivity index (χ0) is 15.6. The van der Waals surface area contributed by atoms with Crippen molar-refractivity contribution in [3.05, 3.63) is 45.6 Å². The van der Waals surface area contributed by atoms with E-state index in [1.54, 1.807) is 13.0 Å². The van der Waals surface area contributed by atoms with Crippen LogP contribution in [-0.4, -0.2) is 39.9 Å². The molecule has 1 aromatic carbocycles. The van der Waals surface area contributed by atoms with Crippen LogP contribution in [0, 0.1) is 17.0 Å². The first-order chi connectivity index (χ1) is 9.93. The van der Waals surface area contributed by atoms with Crippen LogP contribution in [0.25, 0.3) is 0 Å². The van der Waals surface area contributed by atoms with Gasteiger partial charge in [-0.15, -0.1) is 0 Å². The van der Waals surface area contributed by atoms with Crippen LogP contribution in [0.15, 0.2) is 30.0 Å². The molecule has 2 rings (SSSR count). The number of nitrogens with zero attached hydrogens (tertiary/aromatic N) is 2. The molecule has 0 aromatic heterocycles. The lowest BCUT2D eigenvalue weighted by atomic mass is 10.2. The van der Waals surface area contributed by atoms with Gasteiger partial charge in [0.2, 0.25) is 0 Å². The van der Waals surface area contributed by atoms with Crippen molar-refractivity contribution in [3.63, 3.8) is 0 Å². The molecule has 110 valence electrons. The molecule has 0 atom stereocenters. The Kier molecular flexibility index (Phi) is 3.99.